The van der Waals surface area contributed by atoms with Crippen molar-refractivity contribution < 1.29 is 9.13 Å². The molecule has 5 heteroatoms. The number of hydrogen-bond donors (Lipinski definition) is 1. The van der Waals surface area contributed by atoms with Crippen LogP contribution in [0.15, 0.2) is 18.2 Å². The molecule has 4 nitrogen and oxygen atoms in total. The van der Waals surface area contributed by atoms with E-state index >= 15 is 0 Å². The molecule has 0 saturated carbocycles. The predicted octanol–water partition coefficient (Wildman–Crippen LogP) is 1.12. The van der Waals surface area contributed by atoms with Crippen LogP contribution in [0.2, 0.25) is 0 Å². The zero-order valence-electron chi connectivity index (χ0n) is 10.3. The molecule has 0 aromatic heterocycles. The number of rotatable bonds is 3. The minimum absolute atomic E-state index is 0.0683. The molecule has 0 bridgehead atoms. The van der Waals surface area contributed by atoms with Crippen LogP contribution >= 0.6 is 0 Å². The first-order valence-electron chi connectivity index (χ1n) is 5.94. The van der Waals surface area contributed by atoms with Gasteiger partial charge in [-0.15, -0.1) is 0 Å². The number of nitriles is 1. The van der Waals surface area contributed by atoms with Crippen molar-refractivity contribution in [3.8, 4) is 6.07 Å². The van der Waals surface area contributed by atoms with Crippen LogP contribution < -0.4 is 10.2 Å². The first-order chi connectivity index (χ1) is 8.70. The highest BCUT2D eigenvalue weighted by molar-refractivity contribution is 5.50. The average molecular weight is 249 g/mol. The third-order valence-electron chi connectivity index (χ3n) is 2.97. The summed E-state index contributed by atoms with van der Waals surface area (Å²) < 4.78 is 19.4. The highest BCUT2D eigenvalue weighted by atomic mass is 19.1. The summed E-state index contributed by atoms with van der Waals surface area (Å²) in [5, 5.41) is 11.9. The molecule has 1 aliphatic heterocycles. The Hall–Kier alpha value is -1.64. The van der Waals surface area contributed by atoms with Gasteiger partial charge in [0.25, 0.3) is 0 Å². The first-order valence-corrected chi connectivity index (χ1v) is 5.94. The zero-order chi connectivity index (χ0) is 13.0. The summed E-state index contributed by atoms with van der Waals surface area (Å²) in [7, 11) is 1.82. The van der Waals surface area contributed by atoms with Gasteiger partial charge in [0.05, 0.1) is 30.0 Å². The third-order valence-corrected chi connectivity index (χ3v) is 2.97. The SMILES string of the molecule is CN(CC1CNCCO1)c1ccc(C#N)cc1F. The van der Waals surface area contributed by atoms with E-state index in [1.54, 1.807) is 12.1 Å². The molecule has 0 radical (unpaired) electrons. The van der Waals surface area contributed by atoms with Gasteiger partial charge in [-0.2, -0.15) is 5.26 Å². The highest BCUT2D eigenvalue weighted by Crippen LogP contribution is 2.19. The lowest BCUT2D eigenvalue weighted by molar-refractivity contribution is 0.0339. The maximum atomic E-state index is 13.8. The monoisotopic (exact) mass is 249 g/mol. The van der Waals surface area contributed by atoms with Gasteiger partial charge in [-0.1, -0.05) is 0 Å². The Kier molecular flexibility index (Phi) is 4.13. The highest BCUT2D eigenvalue weighted by Gasteiger charge is 2.17. The maximum absolute atomic E-state index is 13.8. The predicted molar refractivity (Wildman–Crippen MR) is 67.0 cm³/mol. The fourth-order valence-corrected chi connectivity index (χ4v) is 2.03. The molecular weight excluding hydrogens is 233 g/mol. The summed E-state index contributed by atoms with van der Waals surface area (Å²) in [5.41, 5.74) is 0.823. The fourth-order valence-electron chi connectivity index (χ4n) is 2.03. The average Bonchev–Trinajstić information content (AvgIpc) is 2.39. The van der Waals surface area contributed by atoms with Gasteiger partial charge < -0.3 is 15.0 Å². The van der Waals surface area contributed by atoms with Gasteiger partial charge in [0.15, 0.2) is 0 Å². The van der Waals surface area contributed by atoms with Crippen LogP contribution in [0.4, 0.5) is 10.1 Å². The summed E-state index contributed by atoms with van der Waals surface area (Å²) in [4.78, 5) is 1.81. The van der Waals surface area contributed by atoms with E-state index in [4.69, 9.17) is 10.00 Å². The van der Waals surface area contributed by atoms with Crippen LogP contribution in [0.5, 0.6) is 0 Å². The third kappa shape index (κ3) is 2.97. The molecule has 0 amide bonds. The normalized spacial score (nSPS) is 19.3. The van der Waals surface area contributed by atoms with Crippen LogP contribution in [0.3, 0.4) is 0 Å². The van der Waals surface area contributed by atoms with Crippen molar-refractivity contribution in [1.29, 1.82) is 5.26 Å². The molecule has 1 aromatic carbocycles. The van der Waals surface area contributed by atoms with E-state index in [1.807, 2.05) is 18.0 Å². The Labute approximate surface area is 106 Å². The summed E-state index contributed by atoms with van der Waals surface area (Å²) in [6.07, 6.45) is 0.0683. The Morgan fingerprint density at radius 3 is 3.06 bits per heavy atom. The van der Waals surface area contributed by atoms with E-state index in [0.717, 1.165) is 13.1 Å². The largest absolute Gasteiger partial charge is 0.374 e. The Morgan fingerprint density at radius 2 is 2.44 bits per heavy atom. The minimum Gasteiger partial charge on any atom is -0.374 e. The molecule has 1 unspecified atom stereocenters. The van der Waals surface area contributed by atoms with Crippen molar-refractivity contribution in [1.82, 2.24) is 5.32 Å². The number of halogens is 1. The zero-order valence-corrected chi connectivity index (χ0v) is 10.3. The first kappa shape index (κ1) is 12.8. The van der Waals surface area contributed by atoms with Gasteiger partial charge in [-0.3, -0.25) is 0 Å². The summed E-state index contributed by atoms with van der Waals surface area (Å²) in [6.45, 7) is 2.96. The fraction of sp³-hybridized carbons (Fsp3) is 0.462. The smallest absolute Gasteiger partial charge is 0.147 e. The van der Waals surface area contributed by atoms with Gasteiger partial charge in [-0.25, -0.2) is 4.39 Å². The molecule has 0 aliphatic carbocycles. The van der Waals surface area contributed by atoms with E-state index in [-0.39, 0.29) is 11.9 Å². The van der Waals surface area contributed by atoms with Gasteiger partial charge >= 0.3 is 0 Å². The molecule has 18 heavy (non-hydrogen) atoms. The Morgan fingerprint density at radius 1 is 1.61 bits per heavy atom. The second-order valence-electron chi connectivity index (χ2n) is 4.36. The van der Waals surface area contributed by atoms with Crippen LogP contribution in [0, 0.1) is 17.1 Å². The van der Waals surface area contributed by atoms with E-state index in [2.05, 4.69) is 5.32 Å². The van der Waals surface area contributed by atoms with Crippen LogP contribution in [-0.4, -0.2) is 39.4 Å². The quantitative estimate of drug-likeness (QED) is 0.872. The van der Waals surface area contributed by atoms with Gasteiger partial charge in [0.1, 0.15) is 5.82 Å². The van der Waals surface area contributed by atoms with Gasteiger partial charge in [0.2, 0.25) is 0 Å². The van der Waals surface area contributed by atoms with Gasteiger partial charge in [0, 0.05) is 26.7 Å². The molecule has 1 N–H and O–H groups in total. The molecule has 96 valence electrons. The van der Waals surface area contributed by atoms with Crippen LogP contribution in [0.25, 0.3) is 0 Å². The van der Waals surface area contributed by atoms with Crippen LogP contribution in [0.1, 0.15) is 5.56 Å². The van der Waals surface area contributed by atoms with Gasteiger partial charge in [-0.05, 0) is 18.2 Å². The molecule has 0 spiro atoms. The van der Waals surface area contributed by atoms with Crippen molar-refractivity contribution in [2.24, 2.45) is 0 Å². The Bertz CT molecular complexity index is 452. The molecule has 1 atom stereocenters. The van der Waals surface area contributed by atoms with Crippen molar-refractivity contribution in [3.63, 3.8) is 0 Å². The number of likely N-dealkylation sites (N-methyl/N-ethyl adjacent to an activating group) is 1. The molecule has 1 heterocycles. The number of anilines is 1. The van der Waals surface area contributed by atoms with Crippen LogP contribution in [-0.2, 0) is 4.74 Å². The van der Waals surface area contributed by atoms with Crippen molar-refractivity contribution in [2.45, 2.75) is 6.10 Å². The van der Waals surface area contributed by atoms with E-state index in [1.165, 1.54) is 6.07 Å². The lowest BCUT2D eigenvalue weighted by Crippen LogP contribution is -2.44. The number of hydrogen-bond acceptors (Lipinski definition) is 4. The maximum Gasteiger partial charge on any atom is 0.147 e. The van der Waals surface area contributed by atoms with Crippen molar-refractivity contribution in [3.05, 3.63) is 29.6 Å². The molecule has 1 aromatic rings. The molecular formula is C13H16FN3O. The molecule has 2 rings (SSSR count). The second-order valence-corrected chi connectivity index (χ2v) is 4.36. The number of nitrogens with zero attached hydrogens (tertiary/aromatic N) is 2. The molecule has 1 saturated heterocycles. The summed E-state index contributed by atoms with van der Waals surface area (Å²) >= 11 is 0. The lowest BCUT2D eigenvalue weighted by Gasteiger charge is -2.29. The van der Waals surface area contributed by atoms with Crippen molar-refractivity contribution >= 4 is 5.69 Å². The van der Waals surface area contributed by atoms with E-state index in [0.29, 0.717) is 24.4 Å². The summed E-state index contributed by atoms with van der Waals surface area (Å²) in [6, 6.07) is 6.43. The number of benzene rings is 1. The second kappa shape index (κ2) is 5.80. The van der Waals surface area contributed by atoms with E-state index in [9.17, 15) is 4.39 Å². The minimum atomic E-state index is -0.375. The van der Waals surface area contributed by atoms with E-state index < -0.39 is 0 Å². The standard InChI is InChI=1S/C13H16FN3O/c1-17(9-11-8-16-4-5-18-11)13-3-2-10(7-15)6-12(13)14/h2-3,6,11,16H,4-5,8-9H2,1H3. The summed E-state index contributed by atoms with van der Waals surface area (Å²) in [5.74, 6) is -0.375. The Balaban J connectivity index is 2.04. The van der Waals surface area contributed by atoms with Crippen molar-refractivity contribution in [2.75, 3.05) is 38.2 Å². The lowest BCUT2D eigenvalue weighted by atomic mass is 10.2. The number of nitrogens with one attached hydrogen (secondary N) is 1. The molecule has 1 fully saturated rings. The molecule has 1 aliphatic rings. The topological polar surface area (TPSA) is 48.3 Å². The number of ether oxygens (including phenoxy) is 1. The number of morpholine rings is 1.